The number of fused-ring (bicyclic) bond motifs is 2. The van der Waals surface area contributed by atoms with Crippen LogP contribution in [0, 0.1) is 6.92 Å². The van der Waals surface area contributed by atoms with Crippen molar-refractivity contribution in [1.82, 2.24) is 15.1 Å². The number of aromatic nitrogens is 2. The van der Waals surface area contributed by atoms with E-state index in [1.807, 2.05) is 17.7 Å². The number of aryl methyl sites for hydroxylation is 1. The van der Waals surface area contributed by atoms with Crippen molar-refractivity contribution in [3.05, 3.63) is 51.9 Å². The number of allylic oxidation sites excluding steroid dienone is 1. The van der Waals surface area contributed by atoms with Crippen LogP contribution >= 0.6 is 11.6 Å². The normalized spacial score (nSPS) is 18.2. The monoisotopic (exact) mass is 299 g/mol. The van der Waals surface area contributed by atoms with Gasteiger partial charge in [-0.25, -0.2) is 4.68 Å². The minimum absolute atomic E-state index is 0.0922. The van der Waals surface area contributed by atoms with Gasteiger partial charge in [-0.2, -0.15) is 5.10 Å². The zero-order valence-corrected chi connectivity index (χ0v) is 13.3. The van der Waals surface area contributed by atoms with Gasteiger partial charge in [0.25, 0.3) is 0 Å². The second-order valence-electron chi connectivity index (χ2n) is 6.40. The molecular weight excluding hydrogens is 282 g/mol. The van der Waals surface area contributed by atoms with Crippen LogP contribution < -0.4 is 5.32 Å². The highest BCUT2D eigenvalue weighted by Gasteiger charge is 2.39. The molecule has 2 aliphatic heterocycles. The molecule has 0 unspecified atom stereocenters. The molecule has 0 fully saturated rings. The molecule has 0 spiro atoms. The van der Waals surface area contributed by atoms with E-state index in [9.17, 15) is 0 Å². The van der Waals surface area contributed by atoms with Crippen molar-refractivity contribution >= 4 is 17.2 Å². The molecular formula is C17H18ClN3. The van der Waals surface area contributed by atoms with Crippen LogP contribution in [-0.4, -0.2) is 16.3 Å². The van der Waals surface area contributed by atoms with Gasteiger partial charge in [-0.05, 0) is 36.6 Å². The van der Waals surface area contributed by atoms with Crippen LogP contribution in [0.4, 0.5) is 0 Å². The molecule has 3 heterocycles. The lowest BCUT2D eigenvalue weighted by atomic mass is 9.74. The van der Waals surface area contributed by atoms with Crippen LogP contribution in [0.1, 0.15) is 36.4 Å². The second kappa shape index (κ2) is 4.14. The predicted molar refractivity (Wildman–Crippen MR) is 86.0 cm³/mol. The Hall–Kier alpha value is -1.74. The van der Waals surface area contributed by atoms with Crippen molar-refractivity contribution < 1.29 is 0 Å². The quantitative estimate of drug-likeness (QED) is 0.805. The highest BCUT2D eigenvalue weighted by Crippen LogP contribution is 2.48. The highest BCUT2D eigenvalue weighted by atomic mass is 35.5. The van der Waals surface area contributed by atoms with Gasteiger partial charge in [0, 0.05) is 23.7 Å². The number of benzene rings is 1. The Morgan fingerprint density at radius 1 is 1.33 bits per heavy atom. The standard InChI is InChI=1S/C17H18ClN3/c1-10-8-14-17(2,3)12-9-19-7-6-11-4-5-13(18)16(15(11)12)21(14)20-10/h4-5,8-9,19H,6-7H2,1-3H3. The smallest absolute Gasteiger partial charge is 0.0914 e. The number of hydrogen-bond acceptors (Lipinski definition) is 2. The summed E-state index contributed by atoms with van der Waals surface area (Å²) in [6.45, 7) is 7.50. The summed E-state index contributed by atoms with van der Waals surface area (Å²) in [6.07, 6.45) is 3.17. The van der Waals surface area contributed by atoms with Crippen LogP contribution in [-0.2, 0) is 11.8 Å². The van der Waals surface area contributed by atoms with Gasteiger partial charge in [-0.1, -0.05) is 31.5 Å². The van der Waals surface area contributed by atoms with Gasteiger partial charge in [0.2, 0.25) is 0 Å². The second-order valence-corrected chi connectivity index (χ2v) is 6.81. The van der Waals surface area contributed by atoms with E-state index in [2.05, 4.69) is 37.5 Å². The summed E-state index contributed by atoms with van der Waals surface area (Å²) in [5, 5.41) is 8.90. The number of hydrogen-bond donors (Lipinski definition) is 1. The van der Waals surface area contributed by atoms with Gasteiger partial charge in [0.1, 0.15) is 0 Å². The number of nitrogens with one attached hydrogen (secondary N) is 1. The topological polar surface area (TPSA) is 29.9 Å². The van der Waals surface area contributed by atoms with E-state index in [1.54, 1.807) is 0 Å². The fraction of sp³-hybridized carbons (Fsp3) is 0.353. The summed E-state index contributed by atoms with van der Waals surface area (Å²) in [4.78, 5) is 0. The molecule has 21 heavy (non-hydrogen) atoms. The maximum absolute atomic E-state index is 6.54. The highest BCUT2D eigenvalue weighted by molar-refractivity contribution is 6.33. The minimum Gasteiger partial charge on any atom is -0.390 e. The van der Waals surface area contributed by atoms with Gasteiger partial charge in [0.05, 0.1) is 22.1 Å². The first-order valence-corrected chi connectivity index (χ1v) is 7.71. The minimum atomic E-state index is -0.0922. The molecule has 0 aliphatic carbocycles. The molecule has 1 N–H and O–H groups in total. The van der Waals surface area contributed by atoms with Crippen molar-refractivity contribution in [3.8, 4) is 5.69 Å². The van der Waals surface area contributed by atoms with Crippen molar-refractivity contribution in [2.24, 2.45) is 0 Å². The number of rotatable bonds is 0. The maximum atomic E-state index is 6.54. The van der Waals surface area contributed by atoms with E-state index in [0.717, 1.165) is 29.4 Å². The lowest BCUT2D eigenvalue weighted by molar-refractivity contribution is 0.604. The van der Waals surface area contributed by atoms with E-state index in [4.69, 9.17) is 16.7 Å². The molecule has 0 radical (unpaired) electrons. The average Bonchev–Trinajstić information content (AvgIpc) is 2.68. The van der Waals surface area contributed by atoms with Gasteiger partial charge in [-0.3, -0.25) is 0 Å². The van der Waals surface area contributed by atoms with Crippen LogP contribution in [0.25, 0.3) is 11.3 Å². The molecule has 4 rings (SSSR count). The van der Waals surface area contributed by atoms with Crippen molar-refractivity contribution in [3.63, 3.8) is 0 Å². The Bertz CT molecular complexity index is 784. The third kappa shape index (κ3) is 1.64. The van der Waals surface area contributed by atoms with E-state index < -0.39 is 0 Å². The van der Waals surface area contributed by atoms with E-state index in [0.29, 0.717) is 0 Å². The zero-order chi connectivity index (χ0) is 14.8. The van der Waals surface area contributed by atoms with Gasteiger partial charge >= 0.3 is 0 Å². The largest absolute Gasteiger partial charge is 0.390 e. The van der Waals surface area contributed by atoms with Crippen LogP contribution in [0.3, 0.4) is 0 Å². The maximum Gasteiger partial charge on any atom is 0.0914 e. The molecule has 0 amide bonds. The van der Waals surface area contributed by atoms with Crippen LogP contribution in [0.5, 0.6) is 0 Å². The molecule has 2 aliphatic rings. The number of halogens is 1. The van der Waals surface area contributed by atoms with Crippen molar-refractivity contribution in [2.45, 2.75) is 32.6 Å². The van der Waals surface area contributed by atoms with E-state index in [-0.39, 0.29) is 5.41 Å². The molecule has 3 nitrogen and oxygen atoms in total. The Kier molecular flexibility index (Phi) is 2.55. The summed E-state index contributed by atoms with van der Waals surface area (Å²) >= 11 is 6.54. The lowest BCUT2D eigenvalue weighted by Crippen LogP contribution is -2.30. The molecule has 2 aromatic rings. The van der Waals surface area contributed by atoms with Gasteiger partial charge in [0.15, 0.2) is 0 Å². The molecule has 1 aromatic heterocycles. The molecule has 0 atom stereocenters. The SMILES string of the molecule is Cc1cc2n(n1)-c1c(Cl)ccc3c1C(=CNCC3)C2(C)C. The lowest BCUT2D eigenvalue weighted by Gasteiger charge is -2.36. The third-order valence-electron chi connectivity index (χ3n) is 4.63. The average molecular weight is 300 g/mol. The predicted octanol–water partition coefficient (Wildman–Crippen LogP) is 3.61. The molecule has 108 valence electrons. The van der Waals surface area contributed by atoms with E-state index >= 15 is 0 Å². The van der Waals surface area contributed by atoms with Gasteiger partial charge < -0.3 is 5.32 Å². The van der Waals surface area contributed by atoms with Crippen LogP contribution in [0.15, 0.2) is 24.4 Å². The van der Waals surface area contributed by atoms with Crippen LogP contribution in [0.2, 0.25) is 5.02 Å². The molecule has 4 heteroatoms. The fourth-order valence-electron chi connectivity index (χ4n) is 3.52. The Morgan fingerprint density at radius 3 is 2.95 bits per heavy atom. The molecule has 1 aromatic carbocycles. The fourth-order valence-corrected chi connectivity index (χ4v) is 3.76. The first-order valence-electron chi connectivity index (χ1n) is 7.33. The summed E-state index contributed by atoms with van der Waals surface area (Å²) in [5.41, 5.74) is 7.07. The third-order valence-corrected chi connectivity index (χ3v) is 4.93. The van der Waals surface area contributed by atoms with E-state index in [1.165, 1.54) is 22.4 Å². The summed E-state index contributed by atoms with van der Waals surface area (Å²) < 4.78 is 2.04. The Labute approximate surface area is 129 Å². The summed E-state index contributed by atoms with van der Waals surface area (Å²) in [6, 6.07) is 6.31. The summed E-state index contributed by atoms with van der Waals surface area (Å²) in [7, 11) is 0. The van der Waals surface area contributed by atoms with Gasteiger partial charge in [-0.15, -0.1) is 0 Å². The Balaban J connectivity index is 2.18. The molecule has 0 saturated heterocycles. The first kappa shape index (κ1) is 13.0. The number of nitrogens with zero attached hydrogens (tertiary/aromatic N) is 2. The summed E-state index contributed by atoms with van der Waals surface area (Å²) in [5.74, 6) is 0. The van der Waals surface area contributed by atoms with Crippen molar-refractivity contribution in [1.29, 1.82) is 0 Å². The molecule has 0 saturated carbocycles. The molecule has 0 bridgehead atoms. The Morgan fingerprint density at radius 2 is 2.14 bits per heavy atom. The van der Waals surface area contributed by atoms with Crippen molar-refractivity contribution in [2.75, 3.05) is 6.54 Å². The zero-order valence-electron chi connectivity index (χ0n) is 12.5. The first-order chi connectivity index (χ1) is 10.00.